The van der Waals surface area contributed by atoms with E-state index in [1.54, 1.807) is 12.1 Å². The van der Waals surface area contributed by atoms with Crippen molar-refractivity contribution in [2.45, 2.75) is 0 Å². The van der Waals surface area contributed by atoms with E-state index in [2.05, 4.69) is 10.3 Å². The number of nitro benzene ring substituents is 2. The van der Waals surface area contributed by atoms with Crippen molar-refractivity contribution in [2.75, 3.05) is 12.4 Å². The van der Waals surface area contributed by atoms with Crippen molar-refractivity contribution in [2.24, 2.45) is 0 Å². The molecule has 0 spiro atoms. The number of benzene rings is 1. The van der Waals surface area contributed by atoms with E-state index in [0.29, 0.717) is 0 Å². The molecule has 1 amide bonds. The molecule has 2 rings (SSSR count). The maximum Gasteiger partial charge on any atom is 0.277 e. The predicted octanol–water partition coefficient (Wildman–Crippen LogP) is 2.16. The summed E-state index contributed by atoms with van der Waals surface area (Å²) in [4.78, 5) is 36.1. The number of ether oxygens (including phenoxy) is 1. The molecule has 0 aliphatic heterocycles. The van der Waals surface area contributed by atoms with Crippen LogP contribution in [0, 0.1) is 20.2 Å². The summed E-state index contributed by atoms with van der Waals surface area (Å²) in [6.07, 6.45) is 1.41. The molecule has 1 N–H and O–H groups in total. The van der Waals surface area contributed by atoms with E-state index in [1.807, 2.05) is 0 Å². The molecule has 0 bridgehead atoms. The molecule has 0 aliphatic rings. The molecule has 10 heteroatoms. The van der Waals surface area contributed by atoms with Crippen LogP contribution in [0.1, 0.15) is 10.4 Å². The van der Waals surface area contributed by atoms with Crippen LogP contribution in [-0.2, 0) is 0 Å². The zero-order valence-corrected chi connectivity index (χ0v) is 11.8. The lowest BCUT2D eigenvalue weighted by Gasteiger charge is -2.08. The summed E-state index contributed by atoms with van der Waals surface area (Å²) < 4.78 is 5.01. The van der Waals surface area contributed by atoms with Gasteiger partial charge in [-0.25, -0.2) is 4.98 Å². The fourth-order valence-electron chi connectivity index (χ4n) is 1.77. The first kappa shape index (κ1) is 15.8. The summed E-state index contributed by atoms with van der Waals surface area (Å²) in [5.74, 6) is -0.413. The van der Waals surface area contributed by atoms with Gasteiger partial charge in [-0.1, -0.05) is 0 Å². The van der Waals surface area contributed by atoms with Gasteiger partial charge in [0, 0.05) is 18.3 Å². The Hall–Kier alpha value is -3.56. The minimum Gasteiger partial charge on any atom is -0.493 e. The summed E-state index contributed by atoms with van der Waals surface area (Å²) in [5.41, 5.74) is -1.35. The van der Waals surface area contributed by atoms with Crippen LogP contribution in [0.25, 0.3) is 0 Å². The SMILES string of the molecule is COc1cccnc1NC(=O)c1cc([N+](=O)[O-])cc([N+](=O)[O-])c1. The molecule has 1 heterocycles. The third-order valence-corrected chi connectivity index (χ3v) is 2.81. The van der Waals surface area contributed by atoms with Crippen molar-refractivity contribution in [3.8, 4) is 5.75 Å². The topological polar surface area (TPSA) is 138 Å². The molecule has 0 saturated carbocycles. The van der Waals surface area contributed by atoms with Gasteiger partial charge in [0.05, 0.1) is 28.6 Å². The van der Waals surface area contributed by atoms with Gasteiger partial charge in [-0.2, -0.15) is 0 Å². The summed E-state index contributed by atoms with van der Waals surface area (Å²) in [5, 5.41) is 24.0. The van der Waals surface area contributed by atoms with Gasteiger partial charge in [-0.05, 0) is 12.1 Å². The normalized spacial score (nSPS) is 9.96. The van der Waals surface area contributed by atoms with Gasteiger partial charge in [0.1, 0.15) is 0 Å². The van der Waals surface area contributed by atoms with Gasteiger partial charge in [-0.3, -0.25) is 25.0 Å². The molecule has 10 nitrogen and oxygen atoms in total. The van der Waals surface area contributed by atoms with Crippen molar-refractivity contribution in [3.63, 3.8) is 0 Å². The number of amides is 1. The van der Waals surface area contributed by atoms with Gasteiger partial charge < -0.3 is 10.1 Å². The van der Waals surface area contributed by atoms with E-state index in [1.165, 1.54) is 13.3 Å². The lowest BCUT2D eigenvalue weighted by molar-refractivity contribution is -0.394. The zero-order chi connectivity index (χ0) is 17.0. The molecule has 1 aromatic carbocycles. The smallest absolute Gasteiger partial charge is 0.277 e. The van der Waals surface area contributed by atoms with Crippen LogP contribution in [0.5, 0.6) is 5.75 Å². The second-order valence-electron chi connectivity index (χ2n) is 4.26. The number of rotatable bonds is 5. The third kappa shape index (κ3) is 3.56. The van der Waals surface area contributed by atoms with Gasteiger partial charge in [0.25, 0.3) is 17.3 Å². The van der Waals surface area contributed by atoms with Crippen molar-refractivity contribution < 1.29 is 19.4 Å². The van der Waals surface area contributed by atoms with Gasteiger partial charge in [-0.15, -0.1) is 0 Å². The second kappa shape index (κ2) is 6.47. The molecular weight excluding hydrogens is 308 g/mol. The first-order chi connectivity index (χ1) is 10.9. The van der Waals surface area contributed by atoms with Crippen molar-refractivity contribution in [3.05, 3.63) is 62.3 Å². The van der Waals surface area contributed by atoms with Crippen LogP contribution in [0.3, 0.4) is 0 Å². The van der Waals surface area contributed by atoms with E-state index in [0.717, 1.165) is 18.2 Å². The molecule has 0 fully saturated rings. The van der Waals surface area contributed by atoms with E-state index in [-0.39, 0.29) is 17.1 Å². The Morgan fingerprint density at radius 2 is 1.78 bits per heavy atom. The van der Waals surface area contributed by atoms with E-state index in [9.17, 15) is 25.0 Å². The van der Waals surface area contributed by atoms with E-state index >= 15 is 0 Å². The number of hydrogen-bond acceptors (Lipinski definition) is 7. The number of carbonyl (C=O) groups excluding carboxylic acids is 1. The lowest BCUT2D eigenvalue weighted by Crippen LogP contribution is -2.14. The fourth-order valence-corrected chi connectivity index (χ4v) is 1.77. The molecule has 0 saturated heterocycles. The number of carbonyl (C=O) groups is 1. The molecular formula is C13H10N4O6. The molecule has 1 aromatic heterocycles. The lowest BCUT2D eigenvalue weighted by atomic mass is 10.1. The summed E-state index contributed by atoms with van der Waals surface area (Å²) >= 11 is 0. The molecule has 0 radical (unpaired) electrons. The number of nitro groups is 2. The van der Waals surface area contributed by atoms with Crippen LogP contribution >= 0.6 is 0 Å². The molecule has 2 aromatic rings. The summed E-state index contributed by atoms with van der Waals surface area (Å²) in [7, 11) is 1.38. The van der Waals surface area contributed by atoms with Gasteiger partial charge >= 0.3 is 0 Å². The number of methoxy groups -OCH3 is 1. The highest BCUT2D eigenvalue weighted by molar-refractivity contribution is 6.05. The number of non-ortho nitro benzene ring substituents is 2. The minimum atomic E-state index is -0.814. The number of nitrogens with zero attached hydrogens (tertiary/aromatic N) is 3. The number of hydrogen-bond donors (Lipinski definition) is 1. The molecule has 0 atom stereocenters. The summed E-state index contributed by atoms with van der Waals surface area (Å²) in [6, 6.07) is 5.80. The standard InChI is InChI=1S/C13H10N4O6/c1-23-11-3-2-4-14-12(11)15-13(18)8-5-9(16(19)20)7-10(6-8)17(21)22/h2-7H,1H3,(H,14,15,18). The maximum absolute atomic E-state index is 12.2. The molecule has 0 unspecified atom stereocenters. The maximum atomic E-state index is 12.2. The largest absolute Gasteiger partial charge is 0.493 e. The third-order valence-electron chi connectivity index (χ3n) is 2.81. The Labute approximate surface area is 129 Å². The summed E-state index contributed by atoms with van der Waals surface area (Å²) in [6.45, 7) is 0. The predicted molar refractivity (Wildman–Crippen MR) is 78.5 cm³/mol. The Bertz CT molecular complexity index is 760. The second-order valence-corrected chi connectivity index (χ2v) is 4.26. The van der Waals surface area contributed by atoms with Crippen molar-refractivity contribution >= 4 is 23.1 Å². The number of pyridine rings is 1. The van der Waals surface area contributed by atoms with Crippen LogP contribution in [0.15, 0.2) is 36.5 Å². The Morgan fingerprint density at radius 3 is 2.30 bits per heavy atom. The monoisotopic (exact) mass is 318 g/mol. The van der Waals surface area contributed by atoms with Gasteiger partial charge in [0.2, 0.25) is 0 Å². The number of nitrogens with one attached hydrogen (secondary N) is 1. The highest BCUT2D eigenvalue weighted by atomic mass is 16.6. The Morgan fingerprint density at radius 1 is 1.17 bits per heavy atom. The highest BCUT2D eigenvalue weighted by Crippen LogP contribution is 2.25. The number of aromatic nitrogens is 1. The molecule has 23 heavy (non-hydrogen) atoms. The number of anilines is 1. The van der Waals surface area contributed by atoms with Crippen molar-refractivity contribution in [1.29, 1.82) is 0 Å². The highest BCUT2D eigenvalue weighted by Gasteiger charge is 2.20. The fraction of sp³-hybridized carbons (Fsp3) is 0.0769. The van der Waals surface area contributed by atoms with Gasteiger partial charge in [0.15, 0.2) is 11.6 Å². The van der Waals surface area contributed by atoms with Crippen LogP contribution in [0.2, 0.25) is 0 Å². The van der Waals surface area contributed by atoms with Crippen LogP contribution in [0.4, 0.5) is 17.2 Å². The Kier molecular flexibility index (Phi) is 4.45. The van der Waals surface area contributed by atoms with Crippen LogP contribution < -0.4 is 10.1 Å². The molecule has 118 valence electrons. The quantitative estimate of drug-likeness (QED) is 0.658. The first-order valence-electron chi connectivity index (χ1n) is 6.16. The first-order valence-corrected chi connectivity index (χ1v) is 6.16. The Balaban J connectivity index is 2.38. The average molecular weight is 318 g/mol. The van der Waals surface area contributed by atoms with Crippen molar-refractivity contribution in [1.82, 2.24) is 4.98 Å². The van der Waals surface area contributed by atoms with E-state index < -0.39 is 27.1 Å². The zero-order valence-electron chi connectivity index (χ0n) is 11.8. The molecule has 0 aliphatic carbocycles. The van der Waals surface area contributed by atoms with Crippen LogP contribution in [-0.4, -0.2) is 27.8 Å². The minimum absolute atomic E-state index is 0.0918. The van der Waals surface area contributed by atoms with E-state index in [4.69, 9.17) is 4.74 Å². The average Bonchev–Trinajstić information content (AvgIpc) is 2.54.